The van der Waals surface area contributed by atoms with Crippen LogP contribution in [-0.2, 0) is 9.53 Å². The van der Waals surface area contributed by atoms with Gasteiger partial charge in [0.1, 0.15) is 0 Å². The zero-order chi connectivity index (χ0) is 10.6. The van der Waals surface area contributed by atoms with Crippen LogP contribution in [0.4, 0.5) is 0 Å². The van der Waals surface area contributed by atoms with E-state index < -0.39 is 5.97 Å². The molecular formula is C10H19NO3. The lowest BCUT2D eigenvalue weighted by atomic mass is 9.91. The molecule has 4 nitrogen and oxygen atoms in total. The lowest BCUT2D eigenvalue weighted by Gasteiger charge is -2.35. The first-order valence-electron chi connectivity index (χ1n) is 5.15. The van der Waals surface area contributed by atoms with Gasteiger partial charge in [0.15, 0.2) is 0 Å². The van der Waals surface area contributed by atoms with Gasteiger partial charge in [0.05, 0.1) is 12.5 Å². The quantitative estimate of drug-likeness (QED) is 0.731. The van der Waals surface area contributed by atoms with Crippen LogP contribution in [0.15, 0.2) is 0 Å². The van der Waals surface area contributed by atoms with Crippen molar-refractivity contribution in [3.05, 3.63) is 0 Å². The summed E-state index contributed by atoms with van der Waals surface area (Å²) in [4.78, 5) is 12.8. The van der Waals surface area contributed by atoms with E-state index in [1.54, 1.807) is 0 Å². The maximum atomic E-state index is 10.6. The first-order chi connectivity index (χ1) is 6.63. The molecule has 0 aliphatic carbocycles. The third-order valence-corrected chi connectivity index (χ3v) is 2.72. The van der Waals surface area contributed by atoms with Gasteiger partial charge < -0.3 is 14.7 Å². The van der Waals surface area contributed by atoms with Crippen LogP contribution in [-0.4, -0.2) is 48.8 Å². The van der Waals surface area contributed by atoms with E-state index in [0.717, 1.165) is 19.5 Å². The molecule has 1 heterocycles. The summed E-state index contributed by atoms with van der Waals surface area (Å²) in [5.74, 6) is -0.534. The number of carboxylic acid groups (broad SMARTS) is 1. The van der Waals surface area contributed by atoms with Gasteiger partial charge in [-0.1, -0.05) is 0 Å². The number of ether oxygens (including phenoxy) is 1. The van der Waals surface area contributed by atoms with Gasteiger partial charge in [-0.25, -0.2) is 0 Å². The summed E-state index contributed by atoms with van der Waals surface area (Å²) < 4.78 is 5.56. The summed E-state index contributed by atoms with van der Waals surface area (Å²) in [5, 5.41) is 8.75. The third kappa shape index (κ3) is 3.27. The van der Waals surface area contributed by atoms with Crippen molar-refractivity contribution in [2.75, 3.05) is 26.7 Å². The molecule has 1 aliphatic rings. The van der Waals surface area contributed by atoms with Gasteiger partial charge in [0, 0.05) is 13.2 Å². The molecule has 82 valence electrons. The zero-order valence-electron chi connectivity index (χ0n) is 8.90. The van der Waals surface area contributed by atoms with Crippen molar-refractivity contribution in [1.29, 1.82) is 0 Å². The molecule has 4 heteroatoms. The predicted molar refractivity (Wildman–Crippen MR) is 53.3 cm³/mol. The molecule has 2 unspecified atom stereocenters. The molecule has 1 saturated heterocycles. The van der Waals surface area contributed by atoms with Gasteiger partial charge in [-0.05, 0) is 32.9 Å². The van der Waals surface area contributed by atoms with Crippen molar-refractivity contribution in [3.8, 4) is 0 Å². The maximum absolute atomic E-state index is 10.6. The highest BCUT2D eigenvalue weighted by atomic mass is 16.5. The Morgan fingerprint density at radius 2 is 2.36 bits per heavy atom. The fourth-order valence-electron chi connectivity index (χ4n) is 1.98. The van der Waals surface area contributed by atoms with Crippen molar-refractivity contribution < 1.29 is 14.6 Å². The van der Waals surface area contributed by atoms with Crippen molar-refractivity contribution in [3.63, 3.8) is 0 Å². The number of rotatable bonds is 4. The van der Waals surface area contributed by atoms with Gasteiger partial charge in [-0.3, -0.25) is 4.79 Å². The number of carbonyl (C=O) groups is 1. The number of hydrogen-bond acceptors (Lipinski definition) is 3. The lowest BCUT2D eigenvalue weighted by molar-refractivity contribution is -0.140. The Morgan fingerprint density at radius 3 is 2.93 bits per heavy atom. The lowest BCUT2D eigenvalue weighted by Crippen LogP contribution is -2.44. The molecule has 1 rings (SSSR count). The minimum atomic E-state index is -0.718. The van der Waals surface area contributed by atoms with Crippen molar-refractivity contribution in [2.24, 2.45) is 5.92 Å². The van der Waals surface area contributed by atoms with Crippen molar-refractivity contribution >= 4 is 5.97 Å². The van der Waals surface area contributed by atoms with E-state index in [2.05, 4.69) is 4.90 Å². The second-order valence-corrected chi connectivity index (χ2v) is 3.90. The molecule has 1 aliphatic heterocycles. The van der Waals surface area contributed by atoms with E-state index in [-0.39, 0.29) is 18.4 Å². The van der Waals surface area contributed by atoms with E-state index in [9.17, 15) is 4.79 Å². The topological polar surface area (TPSA) is 49.8 Å². The van der Waals surface area contributed by atoms with Crippen LogP contribution >= 0.6 is 0 Å². The molecule has 0 radical (unpaired) electrons. The summed E-state index contributed by atoms with van der Waals surface area (Å²) in [6.07, 6.45) is 1.25. The average molecular weight is 201 g/mol. The Hall–Kier alpha value is -0.610. The Morgan fingerprint density at radius 1 is 1.64 bits per heavy atom. The number of piperidine rings is 1. The smallest absolute Gasteiger partial charge is 0.303 e. The van der Waals surface area contributed by atoms with Crippen LogP contribution in [0.2, 0.25) is 0 Å². The highest BCUT2D eigenvalue weighted by Gasteiger charge is 2.29. The molecule has 0 aromatic rings. The standard InChI is InChI=1S/C10H19NO3/c1-3-14-9-7-11(2)5-4-8(9)6-10(12)13/h8-9H,3-7H2,1-2H3,(H,12,13). The molecule has 0 aromatic carbocycles. The number of carboxylic acids is 1. The first-order valence-corrected chi connectivity index (χ1v) is 5.15. The van der Waals surface area contributed by atoms with Crippen LogP contribution in [0.3, 0.4) is 0 Å². The first kappa shape index (κ1) is 11.5. The van der Waals surface area contributed by atoms with Gasteiger partial charge >= 0.3 is 5.97 Å². The van der Waals surface area contributed by atoms with E-state index in [0.29, 0.717) is 6.61 Å². The van der Waals surface area contributed by atoms with Crippen LogP contribution in [0.5, 0.6) is 0 Å². The van der Waals surface area contributed by atoms with Crippen LogP contribution < -0.4 is 0 Å². The largest absolute Gasteiger partial charge is 0.481 e. The minimum Gasteiger partial charge on any atom is -0.481 e. The number of likely N-dealkylation sites (N-methyl/N-ethyl adjacent to an activating group) is 1. The van der Waals surface area contributed by atoms with E-state index >= 15 is 0 Å². The molecule has 2 atom stereocenters. The summed E-state index contributed by atoms with van der Waals surface area (Å²) in [6.45, 7) is 4.44. The molecule has 0 spiro atoms. The molecule has 0 bridgehead atoms. The van der Waals surface area contributed by atoms with E-state index in [4.69, 9.17) is 9.84 Å². The van der Waals surface area contributed by atoms with Crippen LogP contribution in [0, 0.1) is 5.92 Å². The monoisotopic (exact) mass is 201 g/mol. The molecule has 1 N–H and O–H groups in total. The molecule has 14 heavy (non-hydrogen) atoms. The van der Waals surface area contributed by atoms with Gasteiger partial charge in [0.25, 0.3) is 0 Å². The summed E-state index contributed by atoms with van der Waals surface area (Å²) in [6, 6.07) is 0. The molecule has 0 aromatic heterocycles. The summed E-state index contributed by atoms with van der Waals surface area (Å²) in [5.41, 5.74) is 0. The Kier molecular flexibility index (Phi) is 4.35. The Bertz CT molecular complexity index is 196. The van der Waals surface area contributed by atoms with Crippen LogP contribution in [0.25, 0.3) is 0 Å². The van der Waals surface area contributed by atoms with Crippen molar-refractivity contribution in [1.82, 2.24) is 4.90 Å². The average Bonchev–Trinajstić information content (AvgIpc) is 2.09. The highest BCUT2D eigenvalue weighted by molar-refractivity contribution is 5.67. The minimum absolute atomic E-state index is 0.0925. The summed E-state index contributed by atoms with van der Waals surface area (Å²) in [7, 11) is 2.04. The molecule has 0 saturated carbocycles. The molecule has 1 fully saturated rings. The Balaban J connectivity index is 2.48. The number of likely N-dealkylation sites (tertiary alicyclic amines) is 1. The van der Waals surface area contributed by atoms with Crippen molar-refractivity contribution in [2.45, 2.75) is 25.9 Å². The van der Waals surface area contributed by atoms with Gasteiger partial charge in [0.2, 0.25) is 0 Å². The number of hydrogen-bond donors (Lipinski definition) is 1. The number of nitrogens with zero attached hydrogens (tertiary/aromatic N) is 1. The Labute approximate surface area is 84.8 Å². The third-order valence-electron chi connectivity index (χ3n) is 2.72. The molecule has 0 amide bonds. The zero-order valence-corrected chi connectivity index (χ0v) is 8.90. The van der Waals surface area contributed by atoms with E-state index in [1.165, 1.54) is 0 Å². The SMILES string of the molecule is CCOC1CN(C)CCC1CC(=O)O. The maximum Gasteiger partial charge on any atom is 0.303 e. The van der Waals surface area contributed by atoms with E-state index in [1.807, 2.05) is 14.0 Å². The molecular weight excluding hydrogens is 182 g/mol. The fourth-order valence-corrected chi connectivity index (χ4v) is 1.98. The normalized spacial score (nSPS) is 29.0. The fraction of sp³-hybridized carbons (Fsp3) is 0.900. The second-order valence-electron chi connectivity index (χ2n) is 3.90. The van der Waals surface area contributed by atoms with Gasteiger partial charge in [-0.2, -0.15) is 0 Å². The van der Waals surface area contributed by atoms with Crippen LogP contribution in [0.1, 0.15) is 19.8 Å². The highest BCUT2D eigenvalue weighted by Crippen LogP contribution is 2.22. The number of aliphatic carboxylic acids is 1. The summed E-state index contributed by atoms with van der Waals surface area (Å²) >= 11 is 0. The van der Waals surface area contributed by atoms with Gasteiger partial charge in [-0.15, -0.1) is 0 Å². The second kappa shape index (κ2) is 5.32. The predicted octanol–water partition coefficient (Wildman–Crippen LogP) is 0.818.